The van der Waals surface area contributed by atoms with Gasteiger partial charge in [0.05, 0.1) is 22.0 Å². The summed E-state index contributed by atoms with van der Waals surface area (Å²) < 4.78 is 6.25. The number of rotatable bonds is 15. The lowest BCUT2D eigenvalue weighted by Crippen LogP contribution is -2.52. The number of β-amino-alcohol motifs (C(OH)–C–C–N with tert-alkyl or cyclic N) is 1. The van der Waals surface area contributed by atoms with Crippen LogP contribution in [0.15, 0.2) is 91.5 Å². The van der Waals surface area contributed by atoms with Gasteiger partial charge in [0, 0.05) is 105 Å². The minimum atomic E-state index is -0.640. The summed E-state index contributed by atoms with van der Waals surface area (Å²) in [6.07, 6.45) is 2.99. The minimum absolute atomic E-state index is 0.0242. The number of non-ortho nitro benzene ring substituents is 1. The van der Waals surface area contributed by atoms with Crippen LogP contribution >= 0.6 is 0 Å². The van der Waals surface area contributed by atoms with E-state index >= 15 is 0 Å². The standard InChI is InChI=1S/C51H61N9O7/c1-34-5-13-43-46(27-34)53-33-51(43)17-22-56(31-35(51)2)32-49(61)38-15-20-58(21-16-38)50(62)47-28-39-8-12-42(30-45(39)54-47)67-41-10-6-37(7-11-41)36(3)57-25-23-55(24-26-57)19-4-18-52-44-14-9-40(59(63)64)29-48(44)60(65)66/h5-14,27-30,35,38,49,52-54,61H,3-4,15-26,31-33H2,1-2H3/t35-,49-,51+/m1/s1. The highest BCUT2D eigenvalue weighted by molar-refractivity contribution is 5.98. The van der Waals surface area contributed by atoms with Gasteiger partial charge in [-0.2, -0.15) is 0 Å². The number of hydrogen-bond donors (Lipinski definition) is 4. The first-order valence-corrected chi connectivity index (χ1v) is 23.6. The number of nitrogens with one attached hydrogen (secondary N) is 3. The van der Waals surface area contributed by atoms with E-state index < -0.39 is 16.0 Å². The van der Waals surface area contributed by atoms with Crippen molar-refractivity contribution in [1.29, 1.82) is 0 Å². The Kier molecular flexibility index (Phi) is 13.2. The van der Waals surface area contributed by atoms with Crippen molar-refractivity contribution < 1.29 is 24.5 Å². The van der Waals surface area contributed by atoms with Gasteiger partial charge >= 0.3 is 0 Å². The number of ether oxygens (including phenoxy) is 1. The van der Waals surface area contributed by atoms with E-state index in [9.17, 15) is 30.1 Å². The van der Waals surface area contributed by atoms with Gasteiger partial charge in [-0.05, 0) is 129 Å². The molecule has 3 saturated heterocycles. The number of benzene rings is 4. The molecule has 1 spiro atoms. The number of piperazine rings is 1. The largest absolute Gasteiger partial charge is 0.457 e. The van der Waals surface area contributed by atoms with Gasteiger partial charge in [-0.25, -0.2) is 0 Å². The molecule has 0 bridgehead atoms. The molecule has 5 aromatic rings. The number of likely N-dealkylation sites (tertiary alicyclic amines) is 2. The van der Waals surface area contributed by atoms with Crippen molar-refractivity contribution in [3.05, 3.63) is 134 Å². The summed E-state index contributed by atoms with van der Waals surface area (Å²) >= 11 is 0. The molecule has 4 aliphatic rings. The van der Waals surface area contributed by atoms with E-state index in [0.29, 0.717) is 49.3 Å². The maximum Gasteiger partial charge on any atom is 0.299 e. The van der Waals surface area contributed by atoms with Crippen LogP contribution in [0.2, 0.25) is 0 Å². The number of anilines is 2. The molecule has 352 valence electrons. The van der Waals surface area contributed by atoms with Gasteiger partial charge in [0.25, 0.3) is 17.3 Å². The second kappa shape index (κ2) is 19.4. The molecule has 4 N–H and O–H groups in total. The molecule has 0 unspecified atom stereocenters. The number of aryl methyl sites for hydroxylation is 1. The van der Waals surface area contributed by atoms with Crippen molar-refractivity contribution in [2.24, 2.45) is 11.8 Å². The first kappa shape index (κ1) is 45.7. The lowest BCUT2D eigenvalue weighted by molar-refractivity contribution is -0.393. The van der Waals surface area contributed by atoms with Crippen molar-refractivity contribution in [2.45, 2.75) is 51.0 Å². The molecule has 5 heterocycles. The molecule has 3 atom stereocenters. The number of hydrogen-bond acceptors (Lipinski definition) is 12. The number of nitro groups is 2. The number of amides is 1. The number of aromatic nitrogens is 1. The maximum absolute atomic E-state index is 13.7. The number of piperidine rings is 2. The van der Waals surface area contributed by atoms with Crippen LogP contribution in [0.25, 0.3) is 16.6 Å². The minimum Gasteiger partial charge on any atom is -0.457 e. The normalized spacial score (nSPS) is 20.7. The molecule has 0 saturated carbocycles. The van der Waals surface area contributed by atoms with Crippen LogP contribution in [0.1, 0.15) is 59.8 Å². The third-order valence-electron chi connectivity index (χ3n) is 14.8. The van der Waals surface area contributed by atoms with Gasteiger partial charge < -0.3 is 40.2 Å². The molecule has 9 rings (SSSR count). The van der Waals surface area contributed by atoms with Crippen molar-refractivity contribution in [3.63, 3.8) is 0 Å². The Morgan fingerprint density at radius 3 is 2.39 bits per heavy atom. The zero-order chi connectivity index (χ0) is 46.8. The third-order valence-corrected chi connectivity index (χ3v) is 14.8. The molecular weight excluding hydrogens is 851 g/mol. The summed E-state index contributed by atoms with van der Waals surface area (Å²) in [6.45, 7) is 18.4. The number of aromatic amines is 1. The van der Waals surface area contributed by atoms with Crippen molar-refractivity contribution in [3.8, 4) is 11.5 Å². The molecule has 67 heavy (non-hydrogen) atoms. The van der Waals surface area contributed by atoms with Crippen molar-refractivity contribution >= 4 is 45.3 Å². The highest BCUT2D eigenvalue weighted by atomic mass is 16.6. The van der Waals surface area contributed by atoms with E-state index in [2.05, 4.69) is 68.9 Å². The number of aliphatic hydroxyl groups is 1. The Balaban J connectivity index is 0.702. The highest BCUT2D eigenvalue weighted by Gasteiger charge is 2.46. The molecule has 4 aliphatic heterocycles. The van der Waals surface area contributed by atoms with Crippen LogP contribution in [0.3, 0.4) is 0 Å². The summed E-state index contributed by atoms with van der Waals surface area (Å²) in [7, 11) is 0. The summed E-state index contributed by atoms with van der Waals surface area (Å²) in [6, 6.07) is 26.0. The first-order chi connectivity index (χ1) is 32.3. The average Bonchev–Trinajstić information content (AvgIpc) is 3.93. The van der Waals surface area contributed by atoms with Crippen LogP contribution in [0, 0.1) is 39.0 Å². The smallest absolute Gasteiger partial charge is 0.299 e. The molecule has 4 aromatic carbocycles. The Morgan fingerprint density at radius 2 is 1.66 bits per heavy atom. The van der Waals surface area contributed by atoms with E-state index in [0.717, 1.165) is 106 Å². The number of carbonyl (C=O) groups is 1. The van der Waals surface area contributed by atoms with E-state index in [-0.39, 0.29) is 34.3 Å². The van der Waals surface area contributed by atoms with Gasteiger partial charge in [0.2, 0.25) is 0 Å². The molecule has 0 radical (unpaired) electrons. The summed E-state index contributed by atoms with van der Waals surface area (Å²) in [5, 5.41) is 41.6. The maximum atomic E-state index is 13.7. The highest BCUT2D eigenvalue weighted by Crippen LogP contribution is 2.47. The number of carbonyl (C=O) groups excluding carboxylic acids is 1. The lowest BCUT2D eigenvalue weighted by Gasteiger charge is -2.46. The third kappa shape index (κ3) is 9.83. The zero-order valence-corrected chi connectivity index (χ0v) is 38.4. The van der Waals surface area contributed by atoms with Crippen LogP contribution in [-0.4, -0.2) is 130 Å². The fourth-order valence-corrected chi connectivity index (χ4v) is 10.8. The predicted octanol–water partition coefficient (Wildman–Crippen LogP) is 8.09. The van der Waals surface area contributed by atoms with E-state index in [1.54, 1.807) is 0 Å². The SMILES string of the molecule is C=C(c1ccc(Oc2ccc3cc(C(=O)N4CCC([C@H](O)CN5CC[C@]6(CNc7cc(C)ccc76)[C@H](C)C5)CC4)[nH]c3c2)cc1)N1CCN(CCCNc2ccc([N+](=O)[O-])cc2[N+](=O)[O-])CC1. The van der Waals surface area contributed by atoms with Gasteiger partial charge in [0.1, 0.15) is 22.9 Å². The number of fused-ring (bicyclic) bond motifs is 3. The monoisotopic (exact) mass is 911 g/mol. The molecule has 0 aliphatic carbocycles. The van der Waals surface area contributed by atoms with E-state index in [1.165, 1.54) is 28.9 Å². The zero-order valence-electron chi connectivity index (χ0n) is 38.4. The lowest BCUT2D eigenvalue weighted by atomic mass is 9.67. The quantitative estimate of drug-likeness (QED) is 0.0450. The fourth-order valence-electron chi connectivity index (χ4n) is 10.8. The van der Waals surface area contributed by atoms with E-state index in [1.807, 2.05) is 53.4 Å². The van der Waals surface area contributed by atoms with Crippen LogP contribution in [0.4, 0.5) is 22.7 Å². The number of nitro benzene ring substituents is 2. The Morgan fingerprint density at radius 1 is 0.896 bits per heavy atom. The number of aliphatic hydroxyl groups excluding tert-OH is 1. The second-order valence-electron chi connectivity index (χ2n) is 19.0. The molecule has 1 aromatic heterocycles. The predicted molar refractivity (Wildman–Crippen MR) is 261 cm³/mol. The van der Waals surface area contributed by atoms with Crippen LogP contribution in [-0.2, 0) is 5.41 Å². The van der Waals surface area contributed by atoms with Gasteiger partial charge in [-0.1, -0.05) is 25.6 Å². The Labute approximate surface area is 390 Å². The van der Waals surface area contributed by atoms with Gasteiger partial charge in [-0.15, -0.1) is 0 Å². The summed E-state index contributed by atoms with van der Waals surface area (Å²) in [5.74, 6) is 1.97. The van der Waals surface area contributed by atoms with Crippen LogP contribution in [0.5, 0.6) is 11.5 Å². The Hall–Kier alpha value is -6.49. The second-order valence-corrected chi connectivity index (χ2v) is 19.0. The van der Waals surface area contributed by atoms with Crippen LogP contribution < -0.4 is 15.4 Å². The number of nitrogens with zero attached hydrogens (tertiary/aromatic N) is 6. The van der Waals surface area contributed by atoms with Gasteiger partial charge in [-0.3, -0.25) is 29.9 Å². The van der Waals surface area contributed by atoms with E-state index in [4.69, 9.17) is 4.74 Å². The summed E-state index contributed by atoms with van der Waals surface area (Å²) in [5.41, 5.74) is 7.14. The average molecular weight is 912 g/mol. The van der Waals surface area contributed by atoms with Gasteiger partial charge in [0.15, 0.2) is 0 Å². The van der Waals surface area contributed by atoms with Crippen molar-refractivity contribution in [2.75, 3.05) is 89.2 Å². The molecule has 1 amide bonds. The summed E-state index contributed by atoms with van der Waals surface area (Å²) in [4.78, 5) is 47.3. The molecule has 3 fully saturated rings. The first-order valence-electron chi connectivity index (χ1n) is 23.6. The molecule has 16 nitrogen and oxygen atoms in total. The molecular formula is C51H61N9O7. The Bertz CT molecular complexity index is 2640. The topological polar surface area (TPSA) is 186 Å². The fraction of sp³-hybridized carbons (Fsp3) is 0.431. The number of H-pyrrole nitrogens is 1. The van der Waals surface area contributed by atoms with Crippen molar-refractivity contribution in [1.82, 2.24) is 24.6 Å². The molecule has 16 heteroatoms.